The third-order valence-electron chi connectivity index (χ3n) is 1.37. The summed E-state index contributed by atoms with van der Waals surface area (Å²) in [6, 6.07) is 0. The molecule has 0 aliphatic heterocycles. The summed E-state index contributed by atoms with van der Waals surface area (Å²) >= 11 is 0. The van der Waals surface area contributed by atoms with Crippen LogP contribution in [0, 0.1) is 0 Å². The van der Waals surface area contributed by atoms with Crippen LogP contribution in [0.25, 0.3) is 0 Å². The van der Waals surface area contributed by atoms with Gasteiger partial charge in [0.05, 0.1) is 19.3 Å². The Balaban J connectivity index is 3.64. The van der Waals surface area contributed by atoms with E-state index in [0.717, 1.165) is 0 Å². The molecule has 0 rings (SSSR count). The lowest BCUT2D eigenvalue weighted by Gasteiger charge is -2.25. The average Bonchev–Trinajstić information content (AvgIpc) is 1.97. The van der Waals surface area contributed by atoms with Crippen LogP contribution in [0.4, 0.5) is 0 Å². The van der Waals surface area contributed by atoms with E-state index in [1.165, 1.54) is 0 Å². The van der Waals surface area contributed by atoms with Crippen LogP contribution in [0.3, 0.4) is 0 Å². The lowest BCUT2D eigenvalue weighted by Crippen LogP contribution is -2.67. The molecule has 12 heavy (non-hydrogen) atoms. The minimum absolute atomic E-state index is 0.0920. The fourth-order valence-electron chi connectivity index (χ4n) is 0.452. The molecule has 2 unspecified atom stereocenters. The number of aliphatic hydroxyl groups is 2. The van der Waals surface area contributed by atoms with E-state index >= 15 is 0 Å². The van der Waals surface area contributed by atoms with Crippen LogP contribution in [0.2, 0.25) is 0 Å². The maximum atomic E-state index is 9.15. The van der Waals surface area contributed by atoms with Gasteiger partial charge in [0.2, 0.25) is 0 Å². The Kier molecular flexibility index (Phi) is 4.61. The first kappa shape index (κ1) is 11.8. The fraction of sp³-hybridized carbons (Fsp3) is 1.00. The van der Waals surface area contributed by atoms with E-state index in [1.807, 2.05) is 0 Å². The van der Waals surface area contributed by atoms with Crippen LogP contribution >= 0.6 is 0 Å². The molecule has 0 aromatic rings. The number of hydrogen-bond donors (Lipinski definition) is 5. The number of ether oxygens (including phenoxy) is 1. The molecule has 0 bridgehead atoms. The van der Waals surface area contributed by atoms with E-state index in [1.54, 1.807) is 6.92 Å². The zero-order valence-corrected chi connectivity index (χ0v) is 7.10. The second kappa shape index (κ2) is 4.70. The van der Waals surface area contributed by atoms with Gasteiger partial charge in [-0.2, -0.15) is 0 Å². The average molecular weight is 179 g/mol. The van der Waals surface area contributed by atoms with Gasteiger partial charge in [-0.1, -0.05) is 0 Å². The van der Waals surface area contributed by atoms with Crippen molar-refractivity contribution in [2.24, 2.45) is 17.2 Å². The Hall–Kier alpha value is -0.240. The third-order valence-corrected chi connectivity index (χ3v) is 1.37. The van der Waals surface area contributed by atoms with Crippen molar-refractivity contribution in [3.05, 3.63) is 0 Å². The Labute approximate surface area is 71.3 Å². The number of rotatable bonds is 5. The Morgan fingerprint density at radius 3 is 2.25 bits per heavy atom. The normalized spacial score (nSPS) is 17.5. The molecule has 0 aliphatic carbocycles. The minimum atomic E-state index is -1.66. The van der Waals surface area contributed by atoms with Gasteiger partial charge in [-0.15, -0.1) is 0 Å². The maximum Gasteiger partial charge on any atom is 0.145 e. The summed E-state index contributed by atoms with van der Waals surface area (Å²) in [4.78, 5) is 0. The standard InChI is InChI=1S/C6H17N3O3/c1-4(2-10)12-3-5(11)6(7,8)9/h4-5,10-11H,2-3,7-9H2,1H3. The molecule has 0 fully saturated rings. The van der Waals surface area contributed by atoms with Gasteiger partial charge < -0.3 is 14.9 Å². The smallest absolute Gasteiger partial charge is 0.145 e. The number of nitrogens with two attached hydrogens (primary N) is 3. The van der Waals surface area contributed by atoms with E-state index in [2.05, 4.69) is 0 Å². The summed E-state index contributed by atoms with van der Waals surface area (Å²) < 4.78 is 4.94. The third kappa shape index (κ3) is 4.60. The van der Waals surface area contributed by atoms with Gasteiger partial charge >= 0.3 is 0 Å². The van der Waals surface area contributed by atoms with Gasteiger partial charge in [-0.25, -0.2) is 0 Å². The first-order valence-corrected chi connectivity index (χ1v) is 3.65. The van der Waals surface area contributed by atoms with Gasteiger partial charge in [-0.05, 0) is 6.92 Å². The maximum absolute atomic E-state index is 9.15. The number of hydrogen-bond acceptors (Lipinski definition) is 6. The van der Waals surface area contributed by atoms with Crippen molar-refractivity contribution >= 4 is 0 Å². The number of aliphatic hydroxyl groups excluding tert-OH is 2. The molecule has 2 atom stereocenters. The molecule has 0 aromatic carbocycles. The summed E-state index contributed by atoms with van der Waals surface area (Å²) in [6.07, 6.45) is -1.51. The lowest BCUT2D eigenvalue weighted by molar-refractivity contribution is -0.0464. The van der Waals surface area contributed by atoms with E-state index in [-0.39, 0.29) is 19.3 Å². The summed E-state index contributed by atoms with van der Waals surface area (Å²) in [5.74, 6) is -1.66. The molecule has 0 saturated carbocycles. The summed E-state index contributed by atoms with van der Waals surface area (Å²) in [7, 11) is 0. The molecular formula is C6H17N3O3. The van der Waals surface area contributed by atoms with Crippen molar-refractivity contribution in [1.29, 1.82) is 0 Å². The van der Waals surface area contributed by atoms with Crippen molar-refractivity contribution in [3.8, 4) is 0 Å². The van der Waals surface area contributed by atoms with Crippen molar-refractivity contribution in [2.75, 3.05) is 13.2 Å². The van der Waals surface area contributed by atoms with Crippen LogP contribution in [0.15, 0.2) is 0 Å². The predicted molar refractivity (Wildman–Crippen MR) is 43.8 cm³/mol. The summed E-state index contributed by atoms with van der Waals surface area (Å²) in [6.45, 7) is 1.43. The lowest BCUT2D eigenvalue weighted by atomic mass is 10.2. The van der Waals surface area contributed by atoms with Crippen LogP contribution in [-0.2, 0) is 4.74 Å². The van der Waals surface area contributed by atoms with Crippen LogP contribution in [0.5, 0.6) is 0 Å². The second-order valence-corrected chi connectivity index (χ2v) is 2.84. The molecule has 8 N–H and O–H groups in total. The Morgan fingerprint density at radius 2 is 1.92 bits per heavy atom. The van der Waals surface area contributed by atoms with Gasteiger partial charge in [0.15, 0.2) is 0 Å². The predicted octanol–water partition coefficient (Wildman–Crippen LogP) is -2.73. The summed E-state index contributed by atoms with van der Waals surface area (Å²) in [5, 5.41) is 17.7. The van der Waals surface area contributed by atoms with Gasteiger partial charge in [0, 0.05) is 0 Å². The highest BCUT2D eigenvalue weighted by Crippen LogP contribution is 1.96. The topological polar surface area (TPSA) is 128 Å². The molecule has 0 saturated heterocycles. The molecule has 0 radical (unpaired) electrons. The fourth-order valence-corrected chi connectivity index (χ4v) is 0.452. The summed E-state index contributed by atoms with van der Waals surface area (Å²) in [5.41, 5.74) is 15.5. The molecule has 0 aliphatic rings. The Bertz CT molecular complexity index is 126. The second-order valence-electron chi connectivity index (χ2n) is 2.84. The van der Waals surface area contributed by atoms with Crippen molar-refractivity contribution in [3.63, 3.8) is 0 Å². The first-order chi connectivity index (χ1) is 5.38. The van der Waals surface area contributed by atoms with Crippen molar-refractivity contribution in [2.45, 2.75) is 24.9 Å². The van der Waals surface area contributed by atoms with Crippen LogP contribution < -0.4 is 17.2 Å². The molecule has 0 aromatic heterocycles. The van der Waals surface area contributed by atoms with E-state index in [9.17, 15) is 0 Å². The molecule has 0 amide bonds. The van der Waals surface area contributed by atoms with Crippen LogP contribution in [0.1, 0.15) is 6.92 Å². The van der Waals surface area contributed by atoms with Crippen LogP contribution in [-0.4, -0.2) is 41.4 Å². The highest BCUT2D eigenvalue weighted by atomic mass is 16.5. The highest BCUT2D eigenvalue weighted by molar-refractivity contribution is 4.78. The van der Waals surface area contributed by atoms with Gasteiger partial charge in [-0.3, -0.25) is 17.2 Å². The zero-order chi connectivity index (χ0) is 9.78. The van der Waals surface area contributed by atoms with Gasteiger partial charge in [0.1, 0.15) is 11.9 Å². The van der Waals surface area contributed by atoms with E-state index in [0.29, 0.717) is 0 Å². The SMILES string of the molecule is CC(CO)OCC(O)C(N)(N)N. The first-order valence-electron chi connectivity index (χ1n) is 3.65. The quantitative estimate of drug-likeness (QED) is 0.292. The van der Waals surface area contributed by atoms with E-state index in [4.69, 9.17) is 32.2 Å². The molecule has 0 heterocycles. The molecular weight excluding hydrogens is 162 g/mol. The molecule has 6 nitrogen and oxygen atoms in total. The zero-order valence-electron chi connectivity index (χ0n) is 7.10. The minimum Gasteiger partial charge on any atom is -0.394 e. The molecule has 6 heteroatoms. The van der Waals surface area contributed by atoms with Crippen molar-refractivity contribution < 1.29 is 14.9 Å². The monoisotopic (exact) mass is 179 g/mol. The van der Waals surface area contributed by atoms with Gasteiger partial charge in [0.25, 0.3) is 0 Å². The van der Waals surface area contributed by atoms with Crippen molar-refractivity contribution in [1.82, 2.24) is 0 Å². The van der Waals surface area contributed by atoms with E-state index < -0.39 is 11.9 Å². The Morgan fingerprint density at radius 1 is 1.42 bits per heavy atom. The molecule has 74 valence electrons. The molecule has 0 spiro atoms. The highest BCUT2D eigenvalue weighted by Gasteiger charge is 2.24. The largest absolute Gasteiger partial charge is 0.394 e.